The van der Waals surface area contributed by atoms with Crippen LogP contribution in [0.3, 0.4) is 0 Å². The van der Waals surface area contributed by atoms with Crippen LogP contribution in [0.25, 0.3) is 10.9 Å². The van der Waals surface area contributed by atoms with Gasteiger partial charge < -0.3 is 5.73 Å². The molecule has 0 bridgehead atoms. The molecule has 0 aliphatic carbocycles. The maximum Gasteiger partial charge on any atom is 0.0705 e. The molecule has 0 saturated heterocycles. The Balaban J connectivity index is 1.81. The zero-order valence-electron chi connectivity index (χ0n) is 11.3. The van der Waals surface area contributed by atoms with E-state index in [1.54, 1.807) is 11.8 Å². The van der Waals surface area contributed by atoms with Crippen LogP contribution in [0.5, 0.6) is 0 Å². The minimum absolute atomic E-state index is 0.832. The van der Waals surface area contributed by atoms with Gasteiger partial charge in [0.15, 0.2) is 0 Å². The van der Waals surface area contributed by atoms with Gasteiger partial charge in [-0.2, -0.15) is 0 Å². The van der Waals surface area contributed by atoms with Gasteiger partial charge in [-0.3, -0.25) is 4.98 Å². The summed E-state index contributed by atoms with van der Waals surface area (Å²) in [7, 11) is 0. The largest absolute Gasteiger partial charge is 0.398 e. The predicted molar refractivity (Wildman–Crippen MR) is 86.9 cm³/mol. The number of pyridine rings is 1. The first kappa shape index (κ1) is 13.0. The molecule has 2 aromatic carbocycles. The van der Waals surface area contributed by atoms with E-state index in [9.17, 15) is 0 Å². The lowest BCUT2D eigenvalue weighted by molar-refractivity contribution is 1.22. The summed E-state index contributed by atoms with van der Waals surface area (Å²) in [5, 5.41) is 1.18. The van der Waals surface area contributed by atoms with Crippen molar-refractivity contribution in [2.45, 2.75) is 17.6 Å². The number of nitrogens with two attached hydrogens (primary N) is 1. The first-order valence-corrected chi connectivity index (χ1v) is 7.54. The minimum Gasteiger partial charge on any atom is -0.398 e. The van der Waals surface area contributed by atoms with Crippen LogP contribution in [0.2, 0.25) is 0 Å². The van der Waals surface area contributed by atoms with Gasteiger partial charge in [-0.25, -0.2) is 0 Å². The number of rotatable bonds is 3. The zero-order chi connectivity index (χ0) is 13.9. The summed E-state index contributed by atoms with van der Waals surface area (Å²) in [4.78, 5) is 5.81. The first-order chi connectivity index (χ1) is 9.72. The molecule has 0 amide bonds. The lowest BCUT2D eigenvalue weighted by Gasteiger charge is -2.07. The van der Waals surface area contributed by atoms with Gasteiger partial charge in [-0.15, -0.1) is 11.8 Å². The summed E-state index contributed by atoms with van der Waals surface area (Å²) in [6, 6.07) is 18.5. The molecule has 100 valence electrons. The third kappa shape index (κ3) is 2.78. The van der Waals surface area contributed by atoms with Gasteiger partial charge >= 0.3 is 0 Å². The van der Waals surface area contributed by atoms with Crippen LogP contribution in [0.15, 0.2) is 59.5 Å². The van der Waals surface area contributed by atoms with E-state index in [2.05, 4.69) is 36.2 Å². The van der Waals surface area contributed by atoms with Crippen molar-refractivity contribution in [2.24, 2.45) is 0 Å². The molecule has 0 atom stereocenters. The van der Waals surface area contributed by atoms with E-state index >= 15 is 0 Å². The van der Waals surface area contributed by atoms with Gasteiger partial charge in [0.1, 0.15) is 0 Å². The maximum atomic E-state index is 6.00. The smallest absolute Gasteiger partial charge is 0.0705 e. The Morgan fingerprint density at radius 3 is 2.80 bits per heavy atom. The normalized spacial score (nSPS) is 10.8. The first-order valence-electron chi connectivity index (χ1n) is 6.56. The number of benzene rings is 2. The van der Waals surface area contributed by atoms with Crippen molar-refractivity contribution in [3.8, 4) is 0 Å². The molecule has 3 rings (SSSR count). The van der Waals surface area contributed by atoms with Gasteiger partial charge in [0, 0.05) is 21.7 Å². The fraction of sp³-hybridized carbons (Fsp3) is 0.118. The van der Waals surface area contributed by atoms with Crippen LogP contribution < -0.4 is 5.73 Å². The summed E-state index contributed by atoms with van der Waals surface area (Å²) in [6.45, 7) is 2.08. The fourth-order valence-corrected chi connectivity index (χ4v) is 3.07. The summed E-state index contributed by atoms with van der Waals surface area (Å²) in [6.07, 6.45) is 0. The molecule has 1 aromatic heterocycles. The second-order valence-corrected chi connectivity index (χ2v) is 5.84. The number of anilines is 1. The number of hydrogen-bond donors (Lipinski definition) is 1. The van der Waals surface area contributed by atoms with Crippen molar-refractivity contribution in [1.82, 2.24) is 4.98 Å². The minimum atomic E-state index is 0.832. The molecule has 0 unspecified atom stereocenters. The monoisotopic (exact) mass is 280 g/mol. The number of fused-ring (bicyclic) bond motifs is 1. The van der Waals surface area contributed by atoms with Crippen LogP contribution in [0.4, 0.5) is 5.69 Å². The highest BCUT2D eigenvalue weighted by Crippen LogP contribution is 2.28. The Labute approximate surface area is 123 Å². The van der Waals surface area contributed by atoms with Gasteiger partial charge in [0.05, 0.1) is 11.2 Å². The van der Waals surface area contributed by atoms with E-state index in [1.807, 2.05) is 30.3 Å². The van der Waals surface area contributed by atoms with Crippen molar-refractivity contribution in [3.05, 3.63) is 65.9 Å². The van der Waals surface area contributed by atoms with Crippen molar-refractivity contribution in [3.63, 3.8) is 0 Å². The molecule has 20 heavy (non-hydrogen) atoms. The van der Waals surface area contributed by atoms with Gasteiger partial charge in [-0.05, 0) is 36.8 Å². The summed E-state index contributed by atoms with van der Waals surface area (Å²) in [5.41, 5.74) is 10.2. The lowest BCUT2D eigenvalue weighted by atomic mass is 10.2. The summed E-state index contributed by atoms with van der Waals surface area (Å²) in [5.74, 6) is 0.832. The van der Waals surface area contributed by atoms with E-state index < -0.39 is 0 Å². The molecule has 0 spiro atoms. The highest BCUT2D eigenvalue weighted by atomic mass is 32.2. The number of hydrogen-bond acceptors (Lipinski definition) is 3. The van der Waals surface area contributed by atoms with E-state index in [1.165, 1.54) is 10.9 Å². The quantitative estimate of drug-likeness (QED) is 0.570. The van der Waals surface area contributed by atoms with Crippen LogP contribution >= 0.6 is 11.8 Å². The average molecular weight is 280 g/mol. The zero-order valence-corrected chi connectivity index (χ0v) is 12.2. The number of nitrogen functional groups attached to an aromatic ring is 1. The molecule has 2 N–H and O–H groups in total. The van der Waals surface area contributed by atoms with E-state index in [0.29, 0.717) is 0 Å². The number of nitrogens with zero attached hydrogens (tertiary/aromatic N) is 1. The van der Waals surface area contributed by atoms with Crippen molar-refractivity contribution in [1.29, 1.82) is 0 Å². The summed E-state index contributed by atoms with van der Waals surface area (Å²) >= 11 is 1.74. The van der Waals surface area contributed by atoms with Gasteiger partial charge in [-0.1, -0.05) is 30.3 Å². The third-order valence-corrected chi connectivity index (χ3v) is 4.31. The second kappa shape index (κ2) is 5.55. The fourth-order valence-electron chi connectivity index (χ4n) is 2.11. The molecule has 3 heteroatoms. The Bertz CT molecular complexity index is 753. The van der Waals surface area contributed by atoms with Crippen molar-refractivity contribution in [2.75, 3.05) is 5.73 Å². The van der Waals surface area contributed by atoms with E-state index in [4.69, 9.17) is 5.73 Å². The molecular weight excluding hydrogens is 264 g/mol. The van der Waals surface area contributed by atoms with Crippen LogP contribution in [0.1, 0.15) is 11.3 Å². The Morgan fingerprint density at radius 1 is 1.05 bits per heavy atom. The average Bonchev–Trinajstić information content (AvgIpc) is 2.48. The molecule has 0 radical (unpaired) electrons. The molecule has 2 nitrogen and oxygen atoms in total. The van der Waals surface area contributed by atoms with Crippen LogP contribution in [-0.4, -0.2) is 4.98 Å². The Kier molecular flexibility index (Phi) is 3.61. The maximum absolute atomic E-state index is 6.00. The van der Waals surface area contributed by atoms with E-state index in [-0.39, 0.29) is 0 Å². The lowest BCUT2D eigenvalue weighted by Crippen LogP contribution is -1.91. The van der Waals surface area contributed by atoms with Crippen LogP contribution in [0, 0.1) is 6.92 Å². The predicted octanol–water partition coefficient (Wildman–Crippen LogP) is 4.42. The molecule has 0 fully saturated rings. The molecule has 0 saturated carbocycles. The van der Waals surface area contributed by atoms with Crippen LogP contribution in [-0.2, 0) is 5.75 Å². The topological polar surface area (TPSA) is 38.9 Å². The standard InChI is InChI=1S/C17H16N2S/c1-12-6-9-15(18)17(10-12)20-11-14-8-7-13-4-2-3-5-16(13)19-14/h2-10H,11,18H2,1H3. The van der Waals surface area contributed by atoms with E-state index in [0.717, 1.165) is 27.5 Å². The third-order valence-electron chi connectivity index (χ3n) is 3.20. The van der Waals surface area contributed by atoms with Gasteiger partial charge in [0.2, 0.25) is 0 Å². The van der Waals surface area contributed by atoms with Crippen molar-refractivity contribution < 1.29 is 0 Å². The number of aromatic nitrogens is 1. The highest BCUT2D eigenvalue weighted by Gasteiger charge is 2.03. The molecule has 3 aromatic rings. The second-order valence-electron chi connectivity index (χ2n) is 4.83. The molecular formula is C17H16N2S. The Hall–Kier alpha value is -2.00. The number of thioether (sulfide) groups is 1. The molecule has 0 aliphatic rings. The highest BCUT2D eigenvalue weighted by molar-refractivity contribution is 7.98. The molecule has 1 heterocycles. The SMILES string of the molecule is Cc1ccc(N)c(SCc2ccc3ccccc3n2)c1. The Morgan fingerprint density at radius 2 is 1.90 bits per heavy atom. The molecule has 0 aliphatic heterocycles. The van der Waals surface area contributed by atoms with Gasteiger partial charge in [0.25, 0.3) is 0 Å². The van der Waals surface area contributed by atoms with Crippen molar-refractivity contribution >= 4 is 28.4 Å². The summed E-state index contributed by atoms with van der Waals surface area (Å²) < 4.78 is 0. The number of para-hydroxylation sites is 1. The number of aryl methyl sites for hydroxylation is 1.